The highest BCUT2D eigenvalue weighted by molar-refractivity contribution is 5.85. The fraction of sp³-hybridized carbons (Fsp3) is 0.833. The van der Waals surface area contributed by atoms with Crippen molar-refractivity contribution in [2.45, 2.75) is 0 Å². The maximum Gasteiger partial charge on any atom is 0.0555 e. The quantitative estimate of drug-likeness (QED) is 0.536. The molecule has 0 aromatic rings. The van der Waals surface area contributed by atoms with Gasteiger partial charge in [0.25, 0.3) is 0 Å². The van der Waals surface area contributed by atoms with Gasteiger partial charge in [0, 0.05) is 32.7 Å². The standard InChI is InChI=1S/C6H12N2O2.ClH/c9-6(10)5-8-3-1-7-2-4-8;/h7H,1-5H2,(H,9,10);1H/p-1. The number of rotatable bonds is 2. The Kier molecular flexibility index (Phi) is 5.19. The summed E-state index contributed by atoms with van der Waals surface area (Å²) in [6, 6.07) is 0. The Hall–Kier alpha value is -0.320. The maximum absolute atomic E-state index is 10.1. The minimum atomic E-state index is -0.984. The first-order valence-electron chi connectivity index (χ1n) is 3.42. The van der Waals surface area contributed by atoms with Gasteiger partial charge in [0.05, 0.1) is 5.97 Å². The van der Waals surface area contributed by atoms with Crippen molar-refractivity contribution in [3.8, 4) is 0 Å². The van der Waals surface area contributed by atoms with Crippen LogP contribution in [0.3, 0.4) is 0 Å². The molecule has 1 heterocycles. The lowest BCUT2D eigenvalue weighted by Crippen LogP contribution is -2.48. The Morgan fingerprint density at radius 1 is 1.45 bits per heavy atom. The van der Waals surface area contributed by atoms with Crippen LogP contribution in [-0.4, -0.2) is 43.6 Å². The molecule has 1 fully saturated rings. The van der Waals surface area contributed by atoms with Gasteiger partial charge in [0.2, 0.25) is 0 Å². The monoisotopic (exact) mass is 179 g/mol. The molecule has 1 aliphatic rings. The molecule has 66 valence electrons. The van der Waals surface area contributed by atoms with Crippen LogP contribution in [0.15, 0.2) is 0 Å². The average Bonchev–Trinajstić information content (AvgIpc) is 1.88. The molecule has 1 saturated heterocycles. The molecule has 5 heteroatoms. The van der Waals surface area contributed by atoms with Crippen molar-refractivity contribution in [2.24, 2.45) is 0 Å². The Morgan fingerprint density at radius 2 is 2.00 bits per heavy atom. The third-order valence-corrected chi connectivity index (χ3v) is 1.56. The van der Waals surface area contributed by atoms with E-state index in [0.717, 1.165) is 26.2 Å². The summed E-state index contributed by atoms with van der Waals surface area (Å²) >= 11 is 0. The molecule has 0 saturated carbocycles. The van der Waals surface area contributed by atoms with Crippen LogP contribution < -0.4 is 10.4 Å². The Bertz CT molecular complexity index is 126. The fourth-order valence-corrected chi connectivity index (χ4v) is 1.05. The third kappa shape index (κ3) is 4.19. The summed E-state index contributed by atoms with van der Waals surface area (Å²) in [5, 5.41) is 13.2. The van der Waals surface area contributed by atoms with Crippen LogP contribution in [0, 0.1) is 0 Å². The number of hydrogen-bond donors (Lipinski definition) is 1. The van der Waals surface area contributed by atoms with E-state index in [1.54, 1.807) is 0 Å². The smallest absolute Gasteiger partial charge is 0.0555 e. The highest BCUT2D eigenvalue weighted by Gasteiger charge is 2.07. The van der Waals surface area contributed by atoms with Crippen LogP contribution in [0.25, 0.3) is 0 Å². The highest BCUT2D eigenvalue weighted by atomic mass is 35.5. The van der Waals surface area contributed by atoms with Crippen LogP contribution in [-0.2, 0) is 4.79 Å². The van der Waals surface area contributed by atoms with Crippen molar-refractivity contribution in [1.29, 1.82) is 0 Å². The van der Waals surface area contributed by atoms with Crippen LogP contribution in [0.2, 0.25) is 0 Å². The van der Waals surface area contributed by atoms with Crippen LogP contribution in [0.1, 0.15) is 0 Å². The molecule has 0 aromatic carbocycles. The molecule has 0 aromatic heterocycles. The summed E-state index contributed by atoms with van der Waals surface area (Å²) in [5.74, 6) is -0.984. The first-order chi connectivity index (χ1) is 4.79. The molecule has 0 aliphatic carbocycles. The van der Waals surface area contributed by atoms with E-state index in [4.69, 9.17) is 0 Å². The normalized spacial score (nSPS) is 18.9. The number of carbonyl (C=O) groups is 1. The molecular weight excluding hydrogens is 168 g/mol. The molecule has 0 spiro atoms. The van der Waals surface area contributed by atoms with E-state index in [0.29, 0.717) is 0 Å². The first-order valence-corrected chi connectivity index (χ1v) is 3.42. The lowest BCUT2D eigenvalue weighted by atomic mass is 10.3. The number of aliphatic carboxylic acids is 1. The number of piperazine rings is 1. The Labute approximate surface area is 72.0 Å². The zero-order chi connectivity index (χ0) is 7.40. The molecule has 0 unspecified atom stereocenters. The molecule has 1 rings (SSSR count). The number of nitrogens with one attached hydrogen (secondary N) is 1. The van der Waals surface area contributed by atoms with Crippen LogP contribution in [0.4, 0.5) is 0 Å². The topological polar surface area (TPSA) is 55.4 Å². The second-order valence-electron chi connectivity index (χ2n) is 2.40. The SMILES string of the molecule is Cl.O=C([O-])CN1CCNCC1. The van der Waals surface area contributed by atoms with Gasteiger partial charge in [-0.3, -0.25) is 4.90 Å². The number of halogens is 1. The van der Waals surface area contributed by atoms with E-state index in [-0.39, 0.29) is 19.0 Å². The summed E-state index contributed by atoms with van der Waals surface area (Å²) in [7, 11) is 0. The van der Waals surface area contributed by atoms with E-state index >= 15 is 0 Å². The van der Waals surface area contributed by atoms with Crippen molar-refractivity contribution in [2.75, 3.05) is 32.7 Å². The molecule has 0 radical (unpaired) electrons. The molecule has 0 atom stereocenters. The number of carboxylic acid groups (broad SMARTS) is 1. The summed E-state index contributed by atoms with van der Waals surface area (Å²) in [4.78, 5) is 12.0. The first kappa shape index (κ1) is 10.7. The average molecular weight is 180 g/mol. The predicted molar refractivity (Wildman–Crippen MR) is 41.6 cm³/mol. The molecule has 1 N–H and O–H groups in total. The van der Waals surface area contributed by atoms with Crippen molar-refractivity contribution in [3.05, 3.63) is 0 Å². The molecule has 1 aliphatic heterocycles. The van der Waals surface area contributed by atoms with Crippen LogP contribution in [0.5, 0.6) is 0 Å². The number of hydrogen-bond acceptors (Lipinski definition) is 4. The van der Waals surface area contributed by atoms with Gasteiger partial charge in [-0.2, -0.15) is 0 Å². The van der Waals surface area contributed by atoms with E-state index in [1.165, 1.54) is 0 Å². The van der Waals surface area contributed by atoms with Crippen molar-refractivity contribution < 1.29 is 9.90 Å². The zero-order valence-corrected chi connectivity index (χ0v) is 7.02. The van der Waals surface area contributed by atoms with Crippen molar-refractivity contribution in [1.82, 2.24) is 10.2 Å². The molecular formula is C6H12ClN2O2-. The predicted octanol–water partition coefficient (Wildman–Crippen LogP) is -1.94. The van der Waals surface area contributed by atoms with E-state index in [2.05, 4.69) is 5.32 Å². The Balaban J connectivity index is 0.000001000. The number of nitrogens with zero attached hydrogens (tertiary/aromatic N) is 1. The van der Waals surface area contributed by atoms with Gasteiger partial charge in [-0.25, -0.2) is 0 Å². The van der Waals surface area contributed by atoms with E-state index in [1.807, 2.05) is 4.90 Å². The lowest BCUT2D eigenvalue weighted by molar-refractivity contribution is -0.306. The van der Waals surface area contributed by atoms with Gasteiger partial charge in [-0.1, -0.05) is 0 Å². The summed E-state index contributed by atoms with van der Waals surface area (Å²) < 4.78 is 0. The van der Waals surface area contributed by atoms with Gasteiger partial charge in [0.15, 0.2) is 0 Å². The van der Waals surface area contributed by atoms with Gasteiger partial charge in [-0.05, 0) is 0 Å². The van der Waals surface area contributed by atoms with Gasteiger partial charge < -0.3 is 15.2 Å². The van der Waals surface area contributed by atoms with Crippen molar-refractivity contribution in [3.63, 3.8) is 0 Å². The highest BCUT2D eigenvalue weighted by Crippen LogP contribution is 1.89. The minimum absolute atomic E-state index is 0. The molecule has 11 heavy (non-hydrogen) atoms. The second kappa shape index (κ2) is 5.35. The lowest BCUT2D eigenvalue weighted by Gasteiger charge is -2.27. The third-order valence-electron chi connectivity index (χ3n) is 1.56. The maximum atomic E-state index is 10.1. The molecule has 4 nitrogen and oxygen atoms in total. The van der Waals surface area contributed by atoms with Gasteiger partial charge >= 0.3 is 0 Å². The number of carboxylic acids is 1. The summed E-state index contributed by atoms with van der Waals surface area (Å²) in [6.07, 6.45) is 0. The van der Waals surface area contributed by atoms with Crippen LogP contribution >= 0.6 is 12.4 Å². The van der Waals surface area contributed by atoms with E-state index in [9.17, 15) is 9.90 Å². The van der Waals surface area contributed by atoms with Gasteiger partial charge in [0.1, 0.15) is 0 Å². The summed E-state index contributed by atoms with van der Waals surface area (Å²) in [6.45, 7) is 3.46. The second-order valence-corrected chi connectivity index (χ2v) is 2.40. The van der Waals surface area contributed by atoms with Crippen molar-refractivity contribution >= 4 is 18.4 Å². The van der Waals surface area contributed by atoms with Gasteiger partial charge in [-0.15, -0.1) is 12.4 Å². The fourth-order valence-electron chi connectivity index (χ4n) is 1.05. The summed E-state index contributed by atoms with van der Waals surface area (Å²) in [5.41, 5.74) is 0. The minimum Gasteiger partial charge on any atom is -0.549 e. The molecule has 0 amide bonds. The largest absolute Gasteiger partial charge is 0.549 e. The van der Waals surface area contributed by atoms with E-state index < -0.39 is 5.97 Å². The zero-order valence-electron chi connectivity index (χ0n) is 6.21. The number of carbonyl (C=O) groups excluding carboxylic acids is 1. The Morgan fingerprint density at radius 3 is 2.45 bits per heavy atom. The molecule has 0 bridgehead atoms.